The summed E-state index contributed by atoms with van der Waals surface area (Å²) in [7, 11) is 0. The van der Waals surface area contributed by atoms with Gasteiger partial charge in [0.1, 0.15) is 5.82 Å². The van der Waals surface area contributed by atoms with Crippen LogP contribution in [0.4, 0.5) is 5.69 Å². The zero-order valence-electron chi connectivity index (χ0n) is 10.6. The molecule has 0 saturated heterocycles. The zero-order chi connectivity index (χ0) is 13.4. The van der Waals surface area contributed by atoms with Crippen molar-refractivity contribution < 1.29 is 0 Å². The summed E-state index contributed by atoms with van der Waals surface area (Å²) < 4.78 is 0. The lowest BCUT2D eigenvalue weighted by atomic mass is 10.1. The number of anilines is 1. The van der Waals surface area contributed by atoms with Gasteiger partial charge in [-0.05, 0) is 42.3 Å². The Hall–Kier alpha value is -2.00. The van der Waals surface area contributed by atoms with Crippen molar-refractivity contribution in [1.29, 1.82) is 0 Å². The van der Waals surface area contributed by atoms with E-state index in [1.807, 2.05) is 12.1 Å². The number of nitrogen functional groups attached to an aromatic ring is 1. The average molecular weight is 272 g/mol. The van der Waals surface area contributed by atoms with E-state index in [4.69, 9.17) is 17.3 Å². The second-order valence-corrected chi connectivity index (χ2v) is 4.96. The van der Waals surface area contributed by atoms with Crippen LogP contribution in [0.25, 0.3) is 22.4 Å². The number of hydrogen-bond acceptors (Lipinski definition) is 2. The van der Waals surface area contributed by atoms with Gasteiger partial charge < -0.3 is 10.7 Å². The minimum atomic E-state index is 0.652. The number of aromatic amines is 1. The maximum Gasteiger partial charge on any atom is 0.140 e. The summed E-state index contributed by atoms with van der Waals surface area (Å²) in [4.78, 5) is 7.87. The molecule has 0 aliphatic carbocycles. The van der Waals surface area contributed by atoms with Crippen molar-refractivity contribution in [1.82, 2.24) is 9.97 Å². The Bertz CT molecular complexity index is 746. The molecule has 3 rings (SSSR count). The molecular weight excluding hydrogens is 258 g/mol. The third kappa shape index (κ3) is 2.17. The first-order valence-corrected chi connectivity index (χ1v) is 6.59. The maximum absolute atomic E-state index is 6.02. The molecule has 0 radical (unpaired) electrons. The van der Waals surface area contributed by atoms with E-state index < -0.39 is 0 Å². The van der Waals surface area contributed by atoms with Gasteiger partial charge in [0, 0.05) is 16.3 Å². The van der Waals surface area contributed by atoms with Crippen molar-refractivity contribution in [2.75, 3.05) is 5.73 Å². The molecule has 0 aliphatic heterocycles. The van der Waals surface area contributed by atoms with Crippen LogP contribution in [-0.4, -0.2) is 9.97 Å². The number of aromatic nitrogens is 2. The number of nitrogens with two attached hydrogens (primary N) is 1. The molecule has 0 aliphatic rings. The van der Waals surface area contributed by atoms with Gasteiger partial charge in [0.05, 0.1) is 11.0 Å². The first kappa shape index (κ1) is 12.1. The minimum Gasteiger partial charge on any atom is -0.398 e. The quantitative estimate of drug-likeness (QED) is 0.692. The summed E-state index contributed by atoms with van der Waals surface area (Å²) in [5.41, 5.74) is 10.7. The second-order valence-electron chi connectivity index (χ2n) is 4.52. The molecule has 0 atom stereocenters. The highest BCUT2D eigenvalue weighted by molar-refractivity contribution is 6.31. The lowest BCUT2D eigenvalue weighted by Crippen LogP contribution is -1.90. The number of H-pyrrole nitrogens is 1. The smallest absolute Gasteiger partial charge is 0.140 e. The molecule has 19 heavy (non-hydrogen) atoms. The zero-order valence-corrected chi connectivity index (χ0v) is 11.3. The average Bonchev–Trinajstić information content (AvgIpc) is 2.83. The van der Waals surface area contributed by atoms with Gasteiger partial charge in [-0.2, -0.15) is 0 Å². The van der Waals surface area contributed by atoms with Crippen molar-refractivity contribution in [3.05, 3.63) is 47.0 Å². The van der Waals surface area contributed by atoms with Crippen LogP contribution in [0.3, 0.4) is 0 Å². The van der Waals surface area contributed by atoms with Crippen molar-refractivity contribution in [3.8, 4) is 11.4 Å². The van der Waals surface area contributed by atoms with Gasteiger partial charge in [0.15, 0.2) is 0 Å². The molecule has 0 bridgehead atoms. The lowest BCUT2D eigenvalue weighted by Gasteiger charge is -2.02. The number of fused-ring (bicyclic) bond motifs is 1. The van der Waals surface area contributed by atoms with Gasteiger partial charge >= 0.3 is 0 Å². The number of nitrogens with zero attached hydrogens (tertiary/aromatic N) is 1. The predicted molar refractivity (Wildman–Crippen MR) is 80.3 cm³/mol. The predicted octanol–water partition coefficient (Wildman–Crippen LogP) is 4.03. The van der Waals surface area contributed by atoms with E-state index in [0.29, 0.717) is 10.7 Å². The monoisotopic (exact) mass is 271 g/mol. The Morgan fingerprint density at radius 2 is 2.05 bits per heavy atom. The van der Waals surface area contributed by atoms with Crippen LogP contribution in [0.5, 0.6) is 0 Å². The van der Waals surface area contributed by atoms with Crippen LogP contribution in [0.1, 0.15) is 12.5 Å². The summed E-state index contributed by atoms with van der Waals surface area (Å²) in [5.74, 6) is 0.753. The fourth-order valence-electron chi connectivity index (χ4n) is 2.14. The van der Waals surface area contributed by atoms with Crippen molar-refractivity contribution in [2.45, 2.75) is 13.3 Å². The standard InChI is InChI=1S/C15H14ClN3/c1-2-9-3-6-13-14(7-9)19-15(18-13)11-8-10(16)4-5-12(11)17/h3-8H,2,17H2,1H3,(H,18,19). The molecule has 0 fully saturated rings. The Kier molecular flexibility index (Phi) is 2.91. The number of aryl methyl sites for hydroxylation is 1. The Morgan fingerprint density at radius 1 is 1.21 bits per heavy atom. The van der Waals surface area contributed by atoms with Gasteiger partial charge in [-0.15, -0.1) is 0 Å². The lowest BCUT2D eigenvalue weighted by molar-refractivity contribution is 1.14. The third-order valence-corrected chi connectivity index (χ3v) is 3.46. The molecule has 4 heteroatoms. The topological polar surface area (TPSA) is 54.7 Å². The van der Waals surface area contributed by atoms with Crippen LogP contribution in [0.2, 0.25) is 5.02 Å². The minimum absolute atomic E-state index is 0.652. The van der Waals surface area contributed by atoms with Gasteiger partial charge in [0.2, 0.25) is 0 Å². The number of rotatable bonds is 2. The van der Waals surface area contributed by atoms with E-state index in [-0.39, 0.29) is 0 Å². The summed E-state index contributed by atoms with van der Waals surface area (Å²) in [6.45, 7) is 2.13. The van der Waals surface area contributed by atoms with E-state index in [2.05, 4.69) is 29.0 Å². The molecule has 0 amide bonds. The van der Waals surface area contributed by atoms with Crippen LogP contribution in [-0.2, 0) is 6.42 Å². The van der Waals surface area contributed by atoms with Gasteiger partial charge in [-0.25, -0.2) is 4.98 Å². The van der Waals surface area contributed by atoms with E-state index in [0.717, 1.165) is 28.8 Å². The van der Waals surface area contributed by atoms with Gasteiger partial charge in [0.25, 0.3) is 0 Å². The molecule has 3 aromatic rings. The first-order valence-electron chi connectivity index (χ1n) is 6.21. The Balaban J connectivity index is 2.17. The van der Waals surface area contributed by atoms with Crippen molar-refractivity contribution in [2.24, 2.45) is 0 Å². The molecule has 3 nitrogen and oxygen atoms in total. The van der Waals surface area contributed by atoms with Crippen molar-refractivity contribution >= 4 is 28.3 Å². The number of nitrogens with one attached hydrogen (secondary N) is 1. The molecule has 0 spiro atoms. The van der Waals surface area contributed by atoms with E-state index in [1.165, 1.54) is 5.56 Å². The first-order chi connectivity index (χ1) is 9.17. The van der Waals surface area contributed by atoms with Crippen LogP contribution in [0.15, 0.2) is 36.4 Å². The number of benzene rings is 2. The van der Waals surface area contributed by atoms with E-state index in [1.54, 1.807) is 12.1 Å². The highest BCUT2D eigenvalue weighted by atomic mass is 35.5. The highest BCUT2D eigenvalue weighted by Crippen LogP contribution is 2.28. The number of halogens is 1. The summed E-state index contributed by atoms with van der Waals surface area (Å²) in [5, 5.41) is 0.652. The molecule has 3 N–H and O–H groups in total. The fraction of sp³-hybridized carbons (Fsp3) is 0.133. The molecule has 1 heterocycles. The largest absolute Gasteiger partial charge is 0.398 e. The normalized spacial score (nSPS) is 11.1. The number of imidazole rings is 1. The summed E-state index contributed by atoms with van der Waals surface area (Å²) in [6, 6.07) is 11.6. The van der Waals surface area contributed by atoms with Crippen molar-refractivity contribution in [3.63, 3.8) is 0 Å². The van der Waals surface area contributed by atoms with Gasteiger partial charge in [-0.3, -0.25) is 0 Å². The summed E-state index contributed by atoms with van der Waals surface area (Å²) in [6.07, 6.45) is 1.00. The van der Waals surface area contributed by atoms with E-state index in [9.17, 15) is 0 Å². The SMILES string of the molecule is CCc1ccc2nc(-c3cc(Cl)ccc3N)[nH]c2c1. The van der Waals surface area contributed by atoms with Crippen LogP contribution >= 0.6 is 11.6 Å². The molecule has 0 saturated carbocycles. The molecular formula is C15H14ClN3. The Labute approximate surface area is 116 Å². The molecule has 96 valence electrons. The summed E-state index contributed by atoms with van der Waals surface area (Å²) >= 11 is 6.02. The number of hydrogen-bond donors (Lipinski definition) is 2. The van der Waals surface area contributed by atoms with Crippen LogP contribution in [0, 0.1) is 0 Å². The highest BCUT2D eigenvalue weighted by Gasteiger charge is 2.09. The van der Waals surface area contributed by atoms with E-state index >= 15 is 0 Å². The second kappa shape index (κ2) is 4.59. The van der Waals surface area contributed by atoms with Crippen LogP contribution < -0.4 is 5.73 Å². The van der Waals surface area contributed by atoms with Gasteiger partial charge in [-0.1, -0.05) is 24.6 Å². The third-order valence-electron chi connectivity index (χ3n) is 3.22. The molecule has 0 unspecified atom stereocenters. The Morgan fingerprint density at radius 3 is 2.84 bits per heavy atom. The molecule has 1 aromatic heterocycles. The fourth-order valence-corrected chi connectivity index (χ4v) is 2.31. The maximum atomic E-state index is 6.02. The molecule has 2 aromatic carbocycles.